The van der Waals surface area contributed by atoms with Gasteiger partial charge in [0.25, 0.3) is 5.91 Å². The van der Waals surface area contributed by atoms with Gasteiger partial charge in [0.05, 0.1) is 24.5 Å². The summed E-state index contributed by atoms with van der Waals surface area (Å²) in [5, 5.41) is 13.3. The third-order valence-electron chi connectivity index (χ3n) is 6.84. The number of imidazole rings is 1. The van der Waals surface area contributed by atoms with E-state index < -0.39 is 6.55 Å². The first-order valence-electron chi connectivity index (χ1n) is 12.6. The van der Waals surface area contributed by atoms with Crippen LogP contribution in [0.3, 0.4) is 0 Å². The molecule has 0 spiro atoms. The van der Waals surface area contributed by atoms with E-state index >= 15 is 0 Å². The first-order valence-corrected chi connectivity index (χ1v) is 12.6. The first-order chi connectivity index (χ1) is 18.8. The number of pyridine rings is 1. The Morgan fingerprint density at radius 2 is 1.92 bits per heavy atom. The molecule has 0 radical (unpaired) electrons. The summed E-state index contributed by atoms with van der Waals surface area (Å²) in [5.41, 5.74) is 4.89. The number of aryl methyl sites for hydroxylation is 2. The number of nitriles is 1. The third-order valence-corrected chi connectivity index (χ3v) is 6.84. The van der Waals surface area contributed by atoms with Crippen molar-refractivity contribution in [1.82, 2.24) is 29.2 Å². The van der Waals surface area contributed by atoms with Crippen molar-refractivity contribution >= 4 is 5.91 Å². The van der Waals surface area contributed by atoms with E-state index in [0.717, 1.165) is 22.5 Å². The van der Waals surface area contributed by atoms with E-state index in [4.69, 9.17) is 4.74 Å². The highest BCUT2D eigenvalue weighted by Crippen LogP contribution is 2.35. The minimum absolute atomic E-state index is 0.176. The quantitative estimate of drug-likeness (QED) is 0.328. The number of hydrogen-bond donors (Lipinski definition) is 0. The fourth-order valence-electron chi connectivity index (χ4n) is 4.92. The average Bonchev–Trinajstić information content (AvgIpc) is 3.51. The number of amides is 1. The Morgan fingerprint density at radius 3 is 2.59 bits per heavy atom. The van der Waals surface area contributed by atoms with Gasteiger partial charge in [0.2, 0.25) is 0 Å². The predicted octanol–water partition coefficient (Wildman–Crippen LogP) is 4.67. The molecule has 1 aliphatic heterocycles. The second-order valence-electron chi connectivity index (χ2n) is 9.35. The molecule has 0 aliphatic carbocycles. The second kappa shape index (κ2) is 10.6. The number of carbonyl (C=O) groups is 1. The van der Waals surface area contributed by atoms with E-state index in [1.54, 1.807) is 24.1 Å². The van der Waals surface area contributed by atoms with Gasteiger partial charge in [0.15, 0.2) is 0 Å². The molecular weight excluding hydrogens is 504 g/mol. The van der Waals surface area contributed by atoms with Gasteiger partial charge in [-0.15, -0.1) is 0 Å². The molecule has 4 aromatic rings. The van der Waals surface area contributed by atoms with E-state index in [1.165, 1.54) is 12.4 Å². The van der Waals surface area contributed by atoms with Gasteiger partial charge in [-0.3, -0.25) is 9.78 Å². The molecule has 200 valence electrons. The second-order valence-corrected chi connectivity index (χ2v) is 9.35. The van der Waals surface area contributed by atoms with Gasteiger partial charge in [-0.05, 0) is 56.0 Å². The fourth-order valence-corrected chi connectivity index (χ4v) is 4.92. The highest BCUT2D eigenvalue weighted by atomic mass is 19.3. The number of aromatic nitrogens is 5. The van der Waals surface area contributed by atoms with Gasteiger partial charge in [-0.1, -0.05) is 0 Å². The number of nitrogens with zero attached hydrogens (tertiary/aromatic N) is 7. The molecule has 11 heteroatoms. The van der Waals surface area contributed by atoms with Crippen LogP contribution in [0, 0.1) is 25.2 Å². The van der Waals surface area contributed by atoms with Gasteiger partial charge < -0.3 is 14.2 Å². The molecule has 1 aliphatic rings. The number of benzene rings is 1. The van der Waals surface area contributed by atoms with Crippen molar-refractivity contribution in [2.75, 3.05) is 13.2 Å². The summed E-state index contributed by atoms with van der Waals surface area (Å²) in [6, 6.07) is 7.59. The van der Waals surface area contributed by atoms with E-state index in [-0.39, 0.29) is 12.5 Å². The van der Waals surface area contributed by atoms with Crippen LogP contribution in [0.1, 0.15) is 57.7 Å². The monoisotopic (exact) mass is 531 g/mol. The molecule has 0 bridgehead atoms. The lowest BCUT2D eigenvalue weighted by molar-refractivity contribution is 0.0563. The first kappa shape index (κ1) is 26.0. The van der Waals surface area contributed by atoms with Crippen molar-refractivity contribution in [1.29, 1.82) is 5.26 Å². The molecule has 0 fully saturated rings. The van der Waals surface area contributed by atoms with Crippen LogP contribution < -0.4 is 4.74 Å². The molecule has 4 heterocycles. The highest BCUT2D eigenvalue weighted by Gasteiger charge is 2.29. The predicted molar refractivity (Wildman–Crippen MR) is 138 cm³/mol. The Bertz CT molecular complexity index is 1590. The lowest BCUT2D eigenvalue weighted by atomic mass is 9.88. The van der Waals surface area contributed by atoms with Crippen molar-refractivity contribution in [2.45, 2.75) is 46.8 Å². The molecule has 39 heavy (non-hydrogen) atoms. The molecule has 0 atom stereocenters. The fraction of sp³-hybridized carbons (Fsp3) is 0.321. The number of ether oxygens (including phenoxy) is 1. The standard InChI is InChI=1S/C28H27F2N7O2/c1-4-39-26-11-21(33-13-20(26)12-31)15-36-7-5-22-23(25-16-37(28(29)30)34-17(25)2)9-19(10-24(22)27(36)38)14-35-8-6-32-18(35)3/h6,8-11,13,16,28H,4-5,7,14-15H2,1-3H3. The van der Waals surface area contributed by atoms with Gasteiger partial charge in [-0.2, -0.15) is 19.1 Å². The molecule has 1 aromatic carbocycles. The van der Waals surface area contributed by atoms with E-state index in [0.29, 0.717) is 64.6 Å². The summed E-state index contributed by atoms with van der Waals surface area (Å²) in [6.07, 6.45) is 6.90. The molecule has 9 nitrogen and oxygen atoms in total. The Balaban J connectivity index is 1.54. The van der Waals surface area contributed by atoms with E-state index in [1.807, 2.05) is 36.7 Å². The van der Waals surface area contributed by atoms with Gasteiger partial charge in [0, 0.05) is 55.1 Å². The van der Waals surface area contributed by atoms with Crippen molar-refractivity contribution in [3.8, 4) is 22.9 Å². The molecule has 5 rings (SSSR count). The maximum Gasteiger partial charge on any atom is 0.333 e. The molecule has 0 unspecified atom stereocenters. The smallest absolute Gasteiger partial charge is 0.333 e. The van der Waals surface area contributed by atoms with Crippen LogP contribution in [0.4, 0.5) is 8.78 Å². The molecule has 1 amide bonds. The summed E-state index contributed by atoms with van der Waals surface area (Å²) in [5.74, 6) is 1.08. The lowest BCUT2D eigenvalue weighted by Gasteiger charge is -2.30. The Hall–Kier alpha value is -4.59. The Kier molecular flexibility index (Phi) is 7.11. The molecule has 3 aromatic heterocycles. The number of carbonyl (C=O) groups excluding carboxylic acids is 1. The zero-order valence-electron chi connectivity index (χ0n) is 21.9. The van der Waals surface area contributed by atoms with Gasteiger partial charge in [0.1, 0.15) is 23.2 Å². The van der Waals surface area contributed by atoms with Crippen LogP contribution in [0.25, 0.3) is 11.1 Å². The molecular formula is C28H27F2N7O2. The Morgan fingerprint density at radius 1 is 1.13 bits per heavy atom. The van der Waals surface area contributed by atoms with Gasteiger partial charge >= 0.3 is 6.55 Å². The average molecular weight is 532 g/mol. The van der Waals surface area contributed by atoms with Crippen LogP contribution in [0.2, 0.25) is 0 Å². The lowest BCUT2D eigenvalue weighted by Crippen LogP contribution is -2.37. The minimum Gasteiger partial charge on any atom is -0.492 e. The van der Waals surface area contributed by atoms with Crippen LogP contribution in [0.15, 0.2) is 43.0 Å². The number of rotatable bonds is 8. The normalized spacial score (nSPS) is 13.1. The van der Waals surface area contributed by atoms with Crippen LogP contribution in [-0.2, 0) is 19.5 Å². The minimum atomic E-state index is -2.76. The number of hydrogen-bond acceptors (Lipinski definition) is 6. The SMILES string of the molecule is CCOc1cc(CN2CCc3c(cc(Cn4ccnc4C)cc3-c3cn(C(F)F)nc3C)C2=O)ncc1C#N. The molecule has 0 saturated carbocycles. The zero-order chi connectivity index (χ0) is 27.7. The van der Waals surface area contributed by atoms with Crippen LogP contribution in [0.5, 0.6) is 5.75 Å². The summed E-state index contributed by atoms with van der Waals surface area (Å²) < 4.78 is 35.0. The summed E-state index contributed by atoms with van der Waals surface area (Å²) in [6.45, 7) is 4.19. The number of halogens is 2. The summed E-state index contributed by atoms with van der Waals surface area (Å²) in [7, 11) is 0. The van der Waals surface area contributed by atoms with E-state index in [9.17, 15) is 18.8 Å². The van der Waals surface area contributed by atoms with Crippen molar-refractivity contribution in [2.24, 2.45) is 0 Å². The van der Waals surface area contributed by atoms with Crippen molar-refractivity contribution < 1.29 is 18.3 Å². The number of fused-ring (bicyclic) bond motifs is 1. The topological polar surface area (TPSA) is 102 Å². The summed E-state index contributed by atoms with van der Waals surface area (Å²) in [4.78, 5) is 24.2. The zero-order valence-corrected chi connectivity index (χ0v) is 21.9. The third kappa shape index (κ3) is 5.10. The van der Waals surface area contributed by atoms with Gasteiger partial charge in [-0.25, -0.2) is 9.67 Å². The molecule has 0 saturated heterocycles. The Labute approximate surface area is 224 Å². The largest absolute Gasteiger partial charge is 0.492 e. The number of alkyl halides is 2. The maximum atomic E-state index is 13.8. The molecule has 0 N–H and O–H groups in total. The van der Waals surface area contributed by atoms with E-state index in [2.05, 4.69) is 21.1 Å². The highest BCUT2D eigenvalue weighted by molar-refractivity contribution is 5.99. The van der Waals surface area contributed by atoms with Crippen molar-refractivity contribution in [3.63, 3.8) is 0 Å². The van der Waals surface area contributed by atoms with Crippen molar-refractivity contribution in [3.05, 3.63) is 82.5 Å². The van der Waals surface area contributed by atoms with Crippen LogP contribution in [-0.4, -0.2) is 48.3 Å². The van der Waals surface area contributed by atoms with Crippen LogP contribution >= 0.6 is 0 Å². The summed E-state index contributed by atoms with van der Waals surface area (Å²) >= 11 is 0. The maximum absolute atomic E-state index is 13.8.